The summed E-state index contributed by atoms with van der Waals surface area (Å²) < 4.78 is 0. The number of hydrogen-bond donors (Lipinski definition) is 4. The highest BCUT2D eigenvalue weighted by Crippen LogP contribution is 2.26. The van der Waals surface area contributed by atoms with Crippen LogP contribution in [0.1, 0.15) is 128 Å². The zero-order valence-corrected chi connectivity index (χ0v) is 40.6. The number of hydrogen-bond acceptors (Lipinski definition) is 4. The van der Waals surface area contributed by atoms with E-state index in [4.69, 9.17) is 0 Å². The first kappa shape index (κ1) is 52.8. The zero-order chi connectivity index (χ0) is 46.6. The van der Waals surface area contributed by atoms with Crippen LogP contribution in [0.25, 0.3) is 0 Å². The topological polar surface area (TPSA) is 116 Å². The smallest absolute Gasteiger partial charge is 0.229 e. The molecule has 8 nitrogen and oxygen atoms in total. The second kappa shape index (κ2) is 21.8. The van der Waals surface area contributed by atoms with Crippen molar-refractivity contribution in [2.24, 2.45) is 21.7 Å². The van der Waals surface area contributed by atoms with Crippen molar-refractivity contribution in [2.75, 3.05) is 21.3 Å². The lowest BCUT2D eigenvalue weighted by Gasteiger charge is -2.19. The maximum absolute atomic E-state index is 11.8. The van der Waals surface area contributed by atoms with Gasteiger partial charge in [-0.3, -0.25) is 19.2 Å². The van der Waals surface area contributed by atoms with E-state index in [2.05, 4.69) is 21.3 Å². The summed E-state index contributed by atoms with van der Waals surface area (Å²) in [7, 11) is 0. The summed E-state index contributed by atoms with van der Waals surface area (Å²) in [4.78, 5) is 47.3. The van der Waals surface area contributed by atoms with E-state index in [1.807, 2.05) is 211 Å². The lowest BCUT2D eigenvalue weighted by molar-refractivity contribution is -0.123. The van der Waals surface area contributed by atoms with Crippen molar-refractivity contribution < 1.29 is 19.2 Å². The number of amides is 4. The van der Waals surface area contributed by atoms with Crippen LogP contribution in [0.5, 0.6) is 0 Å². The van der Waals surface area contributed by atoms with Gasteiger partial charge in [0.15, 0.2) is 0 Å². The molecule has 4 rings (SSSR count). The molecule has 0 saturated heterocycles. The molecule has 4 aromatic carbocycles. The van der Waals surface area contributed by atoms with E-state index >= 15 is 0 Å². The summed E-state index contributed by atoms with van der Waals surface area (Å²) in [5, 5.41) is 11.9. The van der Waals surface area contributed by atoms with E-state index in [-0.39, 0.29) is 45.3 Å². The van der Waals surface area contributed by atoms with Gasteiger partial charge in [-0.05, 0) is 99.9 Å². The molecule has 0 saturated carbocycles. The Labute approximate surface area is 363 Å². The molecule has 0 aliphatic carbocycles. The Hall–Kier alpha value is -5.24. The second-order valence-electron chi connectivity index (χ2n) is 19.9. The Morgan fingerprint density at radius 2 is 0.400 bits per heavy atom. The zero-order valence-electron chi connectivity index (χ0n) is 40.6. The molecule has 0 aliphatic heterocycles. The Morgan fingerprint density at radius 1 is 0.283 bits per heavy atom. The summed E-state index contributed by atoms with van der Waals surface area (Å²) in [5.41, 5.74) is 11.2. The molecule has 8 heteroatoms. The van der Waals surface area contributed by atoms with E-state index < -0.39 is 0 Å². The van der Waals surface area contributed by atoms with Crippen LogP contribution in [-0.4, -0.2) is 23.6 Å². The lowest BCUT2D eigenvalue weighted by atomic mass is 9.95. The minimum atomic E-state index is -0.352. The fourth-order valence-corrected chi connectivity index (χ4v) is 5.25. The lowest BCUT2D eigenvalue weighted by Crippen LogP contribution is -2.28. The number of nitrogens with one attached hydrogen (secondary N) is 4. The summed E-state index contributed by atoms with van der Waals surface area (Å²) in [6.07, 6.45) is 0. The molecule has 0 fully saturated rings. The minimum absolute atomic E-state index is 0.0555. The first-order valence-corrected chi connectivity index (χ1v) is 20.8. The minimum Gasteiger partial charge on any atom is -0.325 e. The Morgan fingerprint density at radius 3 is 0.500 bits per heavy atom. The average Bonchev–Trinajstić information content (AvgIpc) is 3.10. The molecular formula is C52H76N4O4. The first-order valence-electron chi connectivity index (χ1n) is 20.8. The Bertz CT molecular complexity index is 1720. The Balaban J connectivity index is 0.000000400. The fourth-order valence-electron chi connectivity index (χ4n) is 5.25. The van der Waals surface area contributed by atoms with E-state index in [0.29, 0.717) is 0 Å². The third kappa shape index (κ3) is 17.2. The SMILES string of the molecule is Cc1cccc(C)c1NC(=O)C(C)(C)C.Cc1cccc(C)c1NC(=O)C(C)(C)C.Cc1cccc(C)c1NC(=O)C(C)(C)C.Cc1cccc(C)c1NC(=O)C(C)(C)C. The molecular weight excluding hydrogens is 745 g/mol. The van der Waals surface area contributed by atoms with Crippen LogP contribution in [0, 0.1) is 77.0 Å². The van der Waals surface area contributed by atoms with Crippen molar-refractivity contribution in [2.45, 2.75) is 138 Å². The van der Waals surface area contributed by atoms with Crippen molar-refractivity contribution in [3.63, 3.8) is 0 Å². The largest absolute Gasteiger partial charge is 0.325 e. The third-order valence-corrected chi connectivity index (χ3v) is 9.60. The molecule has 0 spiro atoms. The van der Waals surface area contributed by atoms with Crippen LogP contribution < -0.4 is 21.3 Å². The van der Waals surface area contributed by atoms with Crippen LogP contribution in [0.15, 0.2) is 72.8 Å². The highest BCUT2D eigenvalue weighted by molar-refractivity contribution is 5.97. The standard InChI is InChI=1S/4C13H19NO/c4*1-9-7-6-8-10(2)11(9)14-12(15)13(3,4)5/h4*6-8H,1-5H3,(H,14,15). The Kier molecular flexibility index (Phi) is 19.2. The van der Waals surface area contributed by atoms with Crippen LogP contribution in [-0.2, 0) is 19.2 Å². The molecule has 0 aromatic heterocycles. The molecule has 4 aromatic rings. The summed E-state index contributed by atoms with van der Waals surface area (Å²) in [6.45, 7) is 39.0. The number of benzene rings is 4. The quantitative estimate of drug-likeness (QED) is 0.164. The van der Waals surface area contributed by atoms with E-state index in [0.717, 1.165) is 67.3 Å². The monoisotopic (exact) mass is 821 g/mol. The highest BCUT2D eigenvalue weighted by atomic mass is 16.2. The second-order valence-corrected chi connectivity index (χ2v) is 19.9. The molecule has 0 unspecified atom stereocenters. The van der Waals surface area contributed by atoms with Gasteiger partial charge in [-0.25, -0.2) is 0 Å². The molecule has 4 N–H and O–H groups in total. The number of carbonyl (C=O) groups excluding carboxylic acids is 4. The van der Waals surface area contributed by atoms with Crippen molar-refractivity contribution in [1.82, 2.24) is 0 Å². The molecule has 0 radical (unpaired) electrons. The molecule has 60 heavy (non-hydrogen) atoms. The molecule has 328 valence electrons. The first-order chi connectivity index (χ1) is 27.3. The number of anilines is 4. The predicted molar refractivity (Wildman–Crippen MR) is 256 cm³/mol. The van der Waals surface area contributed by atoms with Crippen molar-refractivity contribution in [3.8, 4) is 0 Å². The van der Waals surface area contributed by atoms with Gasteiger partial charge < -0.3 is 21.3 Å². The maximum Gasteiger partial charge on any atom is 0.229 e. The average molecular weight is 821 g/mol. The van der Waals surface area contributed by atoms with E-state index in [9.17, 15) is 19.2 Å². The van der Waals surface area contributed by atoms with Crippen LogP contribution in [0.3, 0.4) is 0 Å². The van der Waals surface area contributed by atoms with Crippen molar-refractivity contribution >= 4 is 46.4 Å². The summed E-state index contributed by atoms with van der Waals surface area (Å²) >= 11 is 0. The number of para-hydroxylation sites is 4. The van der Waals surface area contributed by atoms with Gasteiger partial charge in [0, 0.05) is 44.4 Å². The molecule has 0 aliphatic rings. The van der Waals surface area contributed by atoms with Gasteiger partial charge in [-0.15, -0.1) is 0 Å². The van der Waals surface area contributed by atoms with Gasteiger partial charge in [0.05, 0.1) is 0 Å². The van der Waals surface area contributed by atoms with Gasteiger partial charge in [-0.1, -0.05) is 156 Å². The molecule has 4 amide bonds. The predicted octanol–water partition coefficient (Wildman–Crippen LogP) is 13.2. The van der Waals surface area contributed by atoms with E-state index in [1.165, 1.54) is 0 Å². The van der Waals surface area contributed by atoms with Gasteiger partial charge in [0.2, 0.25) is 23.6 Å². The molecule has 0 atom stereocenters. The van der Waals surface area contributed by atoms with Crippen LogP contribution in [0.4, 0.5) is 22.7 Å². The fraction of sp³-hybridized carbons (Fsp3) is 0.462. The van der Waals surface area contributed by atoms with Crippen molar-refractivity contribution in [3.05, 3.63) is 117 Å². The summed E-state index contributed by atoms with van der Waals surface area (Å²) in [6, 6.07) is 24.0. The third-order valence-electron chi connectivity index (χ3n) is 9.60. The van der Waals surface area contributed by atoms with Gasteiger partial charge >= 0.3 is 0 Å². The van der Waals surface area contributed by atoms with Crippen LogP contribution in [0.2, 0.25) is 0 Å². The van der Waals surface area contributed by atoms with Gasteiger partial charge in [0.1, 0.15) is 0 Å². The maximum atomic E-state index is 11.8. The van der Waals surface area contributed by atoms with Gasteiger partial charge in [-0.2, -0.15) is 0 Å². The van der Waals surface area contributed by atoms with Crippen LogP contribution >= 0.6 is 0 Å². The van der Waals surface area contributed by atoms with Crippen molar-refractivity contribution in [1.29, 1.82) is 0 Å². The molecule has 0 bridgehead atoms. The normalized spacial score (nSPS) is 11.3. The number of rotatable bonds is 4. The van der Waals surface area contributed by atoms with Gasteiger partial charge in [0.25, 0.3) is 0 Å². The highest BCUT2D eigenvalue weighted by Gasteiger charge is 2.25. The van der Waals surface area contributed by atoms with E-state index in [1.54, 1.807) is 0 Å². The molecule has 0 heterocycles. The number of aryl methyl sites for hydroxylation is 8. The number of carbonyl (C=O) groups is 4. The summed E-state index contributed by atoms with van der Waals surface area (Å²) in [5.74, 6) is 0.222.